The number of carbonyl (C=O) groups is 1. The number of carbonyl (C=O) groups excluding carboxylic acids is 1. The van der Waals surface area contributed by atoms with Crippen molar-refractivity contribution in [1.29, 1.82) is 0 Å². The molecule has 0 aromatic heterocycles. The first-order chi connectivity index (χ1) is 9.58. The van der Waals surface area contributed by atoms with Crippen molar-refractivity contribution in [3.8, 4) is 0 Å². The summed E-state index contributed by atoms with van der Waals surface area (Å²) in [7, 11) is 0. The van der Waals surface area contributed by atoms with Crippen molar-refractivity contribution in [3.05, 3.63) is 35.9 Å². The summed E-state index contributed by atoms with van der Waals surface area (Å²) in [6.07, 6.45) is 3.97. The summed E-state index contributed by atoms with van der Waals surface area (Å²) < 4.78 is 0. The molecule has 0 saturated heterocycles. The van der Waals surface area contributed by atoms with Crippen LogP contribution in [0.4, 0.5) is 0 Å². The van der Waals surface area contributed by atoms with Crippen molar-refractivity contribution in [2.75, 3.05) is 6.54 Å². The standard InChI is InChI=1S/C17H26N2O/c1-13(2)10-11-19(15-8-9-15)17(20)16(18)12-14-6-4-3-5-7-14/h3-7,13,15-16H,8-12,18H2,1-2H3. The number of hydrogen-bond acceptors (Lipinski definition) is 2. The van der Waals surface area contributed by atoms with Crippen LogP contribution in [0, 0.1) is 5.92 Å². The van der Waals surface area contributed by atoms with Crippen LogP contribution < -0.4 is 5.73 Å². The van der Waals surface area contributed by atoms with Crippen LogP contribution in [-0.2, 0) is 11.2 Å². The first-order valence-corrected chi connectivity index (χ1v) is 7.68. The van der Waals surface area contributed by atoms with Crippen molar-refractivity contribution >= 4 is 5.91 Å². The van der Waals surface area contributed by atoms with Gasteiger partial charge in [-0.3, -0.25) is 4.79 Å². The average molecular weight is 274 g/mol. The molecule has 1 aromatic carbocycles. The molecule has 1 saturated carbocycles. The van der Waals surface area contributed by atoms with Gasteiger partial charge in [0.15, 0.2) is 0 Å². The molecule has 1 aliphatic carbocycles. The first-order valence-electron chi connectivity index (χ1n) is 7.68. The maximum absolute atomic E-state index is 12.5. The lowest BCUT2D eigenvalue weighted by Crippen LogP contribution is -2.46. The van der Waals surface area contributed by atoms with E-state index >= 15 is 0 Å². The molecular formula is C17H26N2O. The molecule has 1 aliphatic rings. The molecule has 0 spiro atoms. The van der Waals surface area contributed by atoms with Crippen LogP contribution in [0.1, 0.15) is 38.7 Å². The van der Waals surface area contributed by atoms with Crippen LogP contribution in [0.3, 0.4) is 0 Å². The van der Waals surface area contributed by atoms with Crippen LogP contribution >= 0.6 is 0 Å². The Morgan fingerprint density at radius 3 is 2.50 bits per heavy atom. The summed E-state index contributed by atoms with van der Waals surface area (Å²) in [4.78, 5) is 14.6. The van der Waals surface area contributed by atoms with E-state index in [-0.39, 0.29) is 5.91 Å². The Kier molecular flexibility index (Phi) is 5.18. The van der Waals surface area contributed by atoms with Crippen molar-refractivity contribution in [3.63, 3.8) is 0 Å². The van der Waals surface area contributed by atoms with Crippen molar-refractivity contribution in [2.45, 2.75) is 51.6 Å². The molecular weight excluding hydrogens is 248 g/mol. The molecule has 0 radical (unpaired) electrons. The third kappa shape index (κ3) is 4.34. The lowest BCUT2D eigenvalue weighted by atomic mass is 10.0. The van der Waals surface area contributed by atoms with Gasteiger partial charge in [-0.15, -0.1) is 0 Å². The number of nitrogens with two attached hydrogens (primary N) is 1. The van der Waals surface area contributed by atoms with Crippen LogP contribution in [0.5, 0.6) is 0 Å². The molecule has 1 fully saturated rings. The molecule has 110 valence electrons. The van der Waals surface area contributed by atoms with E-state index in [1.54, 1.807) is 0 Å². The summed E-state index contributed by atoms with van der Waals surface area (Å²) in [5, 5.41) is 0. The minimum atomic E-state index is -0.412. The number of hydrogen-bond donors (Lipinski definition) is 1. The van der Waals surface area contributed by atoms with E-state index < -0.39 is 6.04 Å². The summed E-state index contributed by atoms with van der Waals surface area (Å²) >= 11 is 0. The van der Waals surface area contributed by atoms with E-state index in [0.29, 0.717) is 18.4 Å². The molecule has 1 unspecified atom stereocenters. The monoisotopic (exact) mass is 274 g/mol. The molecule has 3 nitrogen and oxygen atoms in total. The number of amides is 1. The fraction of sp³-hybridized carbons (Fsp3) is 0.588. The second-order valence-corrected chi connectivity index (χ2v) is 6.24. The molecule has 3 heteroatoms. The third-order valence-electron chi connectivity index (χ3n) is 3.83. The summed E-state index contributed by atoms with van der Waals surface area (Å²) in [5.41, 5.74) is 7.26. The van der Waals surface area contributed by atoms with E-state index in [4.69, 9.17) is 5.73 Å². The summed E-state index contributed by atoms with van der Waals surface area (Å²) in [6, 6.07) is 10.1. The molecule has 2 N–H and O–H groups in total. The molecule has 2 rings (SSSR count). The highest BCUT2D eigenvalue weighted by Gasteiger charge is 2.34. The van der Waals surface area contributed by atoms with E-state index in [9.17, 15) is 4.79 Å². The zero-order valence-corrected chi connectivity index (χ0v) is 12.6. The predicted octanol–water partition coefficient (Wildman–Crippen LogP) is 2.59. The Morgan fingerprint density at radius 1 is 1.30 bits per heavy atom. The third-order valence-corrected chi connectivity index (χ3v) is 3.83. The van der Waals surface area contributed by atoms with Crippen molar-refractivity contribution < 1.29 is 4.79 Å². The highest BCUT2D eigenvalue weighted by atomic mass is 16.2. The number of rotatable bonds is 7. The zero-order valence-electron chi connectivity index (χ0n) is 12.6. The highest BCUT2D eigenvalue weighted by molar-refractivity contribution is 5.82. The SMILES string of the molecule is CC(C)CCN(C(=O)C(N)Cc1ccccc1)C1CC1. The summed E-state index contributed by atoms with van der Waals surface area (Å²) in [6.45, 7) is 5.24. The van der Waals surface area contributed by atoms with Crippen LogP contribution in [0.2, 0.25) is 0 Å². The van der Waals surface area contributed by atoms with E-state index in [1.165, 1.54) is 0 Å². The maximum Gasteiger partial charge on any atom is 0.240 e. The number of benzene rings is 1. The van der Waals surface area contributed by atoms with E-state index in [0.717, 1.165) is 31.4 Å². The summed E-state index contributed by atoms with van der Waals surface area (Å²) in [5.74, 6) is 0.742. The van der Waals surface area contributed by atoms with Gasteiger partial charge in [-0.25, -0.2) is 0 Å². The van der Waals surface area contributed by atoms with Gasteiger partial charge in [-0.2, -0.15) is 0 Å². The largest absolute Gasteiger partial charge is 0.338 e. The fourth-order valence-electron chi connectivity index (χ4n) is 2.42. The van der Waals surface area contributed by atoms with Gasteiger partial charge >= 0.3 is 0 Å². The van der Waals surface area contributed by atoms with Crippen molar-refractivity contribution in [1.82, 2.24) is 4.90 Å². The topological polar surface area (TPSA) is 46.3 Å². The molecule has 0 heterocycles. The van der Waals surface area contributed by atoms with Crippen LogP contribution in [0.15, 0.2) is 30.3 Å². The van der Waals surface area contributed by atoms with E-state index in [2.05, 4.69) is 13.8 Å². The van der Waals surface area contributed by atoms with Gasteiger partial charge < -0.3 is 10.6 Å². The van der Waals surface area contributed by atoms with Gasteiger partial charge in [-0.05, 0) is 37.2 Å². The molecule has 1 atom stereocenters. The predicted molar refractivity (Wildman–Crippen MR) is 82.3 cm³/mol. The van der Waals surface area contributed by atoms with Crippen LogP contribution in [-0.4, -0.2) is 29.4 Å². The molecule has 1 aromatic rings. The van der Waals surface area contributed by atoms with Gasteiger partial charge in [0, 0.05) is 12.6 Å². The van der Waals surface area contributed by atoms with Gasteiger partial charge in [0.1, 0.15) is 0 Å². The van der Waals surface area contributed by atoms with E-state index in [1.807, 2.05) is 35.2 Å². The van der Waals surface area contributed by atoms with Gasteiger partial charge in [-0.1, -0.05) is 44.2 Å². The fourth-order valence-corrected chi connectivity index (χ4v) is 2.42. The Hall–Kier alpha value is -1.35. The smallest absolute Gasteiger partial charge is 0.240 e. The molecule has 20 heavy (non-hydrogen) atoms. The molecule has 0 aliphatic heterocycles. The lowest BCUT2D eigenvalue weighted by molar-refractivity contribution is -0.133. The average Bonchev–Trinajstić information content (AvgIpc) is 3.24. The normalized spacial score (nSPS) is 16.2. The Balaban J connectivity index is 1.92. The van der Waals surface area contributed by atoms with Gasteiger partial charge in [0.25, 0.3) is 0 Å². The minimum absolute atomic E-state index is 0.122. The second kappa shape index (κ2) is 6.89. The Morgan fingerprint density at radius 2 is 1.95 bits per heavy atom. The Bertz CT molecular complexity index is 426. The van der Waals surface area contributed by atoms with Gasteiger partial charge in [0.05, 0.1) is 6.04 Å². The molecule has 1 amide bonds. The maximum atomic E-state index is 12.5. The quantitative estimate of drug-likeness (QED) is 0.830. The first kappa shape index (κ1) is 15.0. The lowest BCUT2D eigenvalue weighted by Gasteiger charge is -2.26. The second-order valence-electron chi connectivity index (χ2n) is 6.24. The molecule has 0 bridgehead atoms. The Labute approximate surface area is 122 Å². The minimum Gasteiger partial charge on any atom is -0.338 e. The van der Waals surface area contributed by atoms with Crippen molar-refractivity contribution in [2.24, 2.45) is 11.7 Å². The zero-order chi connectivity index (χ0) is 14.5. The highest BCUT2D eigenvalue weighted by Crippen LogP contribution is 2.28. The van der Waals surface area contributed by atoms with Gasteiger partial charge in [0.2, 0.25) is 5.91 Å². The number of nitrogens with zero attached hydrogens (tertiary/aromatic N) is 1. The van der Waals surface area contributed by atoms with Crippen LogP contribution in [0.25, 0.3) is 0 Å².